The summed E-state index contributed by atoms with van der Waals surface area (Å²) in [5, 5.41) is 2.94. The van der Waals surface area contributed by atoms with E-state index in [1.807, 2.05) is 41.8 Å². The van der Waals surface area contributed by atoms with Crippen molar-refractivity contribution in [3.05, 3.63) is 77.9 Å². The normalized spacial score (nSPS) is 11.6. The Morgan fingerprint density at radius 3 is 2.79 bits per heavy atom. The number of sulfonamides is 1. The molecule has 0 aliphatic rings. The van der Waals surface area contributed by atoms with Gasteiger partial charge in [-0.2, -0.15) is 0 Å². The maximum atomic E-state index is 13.2. The van der Waals surface area contributed by atoms with Gasteiger partial charge in [0.1, 0.15) is 0 Å². The van der Waals surface area contributed by atoms with Crippen molar-refractivity contribution >= 4 is 49.9 Å². The average Bonchev–Trinajstić information content (AvgIpc) is 3.67. The van der Waals surface area contributed by atoms with Crippen LogP contribution < -0.4 is 9.62 Å². The van der Waals surface area contributed by atoms with Crippen LogP contribution in [0.2, 0.25) is 0 Å². The van der Waals surface area contributed by atoms with Crippen LogP contribution in [0.5, 0.6) is 0 Å². The Bertz CT molecular complexity index is 1660. The molecule has 0 unspecified atom stereocenters. The minimum atomic E-state index is -3.44. The van der Waals surface area contributed by atoms with Crippen LogP contribution in [0.4, 0.5) is 11.6 Å². The zero-order valence-corrected chi connectivity index (χ0v) is 22.5. The number of imidazole rings is 1. The van der Waals surface area contributed by atoms with E-state index in [1.165, 1.54) is 29.1 Å². The highest BCUT2D eigenvalue weighted by Gasteiger charge is 2.21. The molecule has 12 heteroatoms. The lowest BCUT2D eigenvalue weighted by Gasteiger charge is -2.19. The van der Waals surface area contributed by atoms with Gasteiger partial charge in [-0.3, -0.25) is 19.4 Å². The fraction of sp³-hybridized carbons (Fsp3) is 0.231. The number of pyridine rings is 1. The zero-order valence-electron chi connectivity index (χ0n) is 20.9. The Morgan fingerprint density at radius 2 is 2.05 bits per heavy atom. The smallest absolute Gasteiger partial charge is 0.268 e. The van der Waals surface area contributed by atoms with E-state index >= 15 is 0 Å². The molecule has 5 rings (SSSR count). The number of carbonyl (C=O) groups excluding carboxylic acids is 1. The monoisotopic (exact) mass is 550 g/mol. The molecule has 0 aliphatic heterocycles. The van der Waals surface area contributed by atoms with Crippen molar-refractivity contribution in [1.29, 1.82) is 0 Å². The van der Waals surface area contributed by atoms with Gasteiger partial charge < -0.3 is 8.98 Å². The lowest BCUT2D eigenvalue weighted by atomic mass is 10.2. The minimum absolute atomic E-state index is 0.0538. The number of hydrogen-bond acceptors (Lipinski definition) is 8. The molecule has 38 heavy (non-hydrogen) atoms. The van der Waals surface area contributed by atoms with Crippen molar-refractivity contribution in [2.75, 3.05) is 22.4 Å². The van der Waals surface area contributed by atoms with Crippen LogP contribution in [0, 0.1) is 0 Å². The molecule has 0 saturated carbocycles. The largest absolute Gasteiger partial charge is 0.443 e. The third kappa shape index (κ3) is 5.31. The highest BCUT2D eigenvalue weighted by molar-refractivity contribution is 7.92. The summed E-state index contributed by atoms with van der Waals surface area (Å²) in [6.07, 6.45) is 5.83. The molecule has 0 spiro atoms. The molecule has 0 atom stereocenters. The Hall–Kier alpha value is -4.03. The highest BCUT2D eigenvalue weighted by Crippen LogP contribution is 2.30. The molecule has 4 heterocycles. The predicted molar refractivity (Wildman–Crippen MR) is 148 cm³/mol. The second-order valence-electron chi connectivity index (χ2n) is 8.60. The Balaban J connectivity index is 1.47. The Kier molecular flexibility index (Phi) is 7.25. The number of carbonyl (C=O) groups is 1. The van der Waals surface area contributed by atoms with Gasteiger partial charge in [0, 0.05) is 31.9 Å². The van der Waals surface area contributed by atoms with Crippen molar-refractivity contribution in [1.82, 2.24) is 19.5 Å². The third-order valence-corrected chi connectivity index (χ3v) is 9.09. The summed E-state index contributed by atoms with van der Waals surface area (Å²) < 4.78 is 33.8. The number of hydrogen-bond donors (Lipinski definition) is 1. The number of aryl methyl sites for hydroxylation is 2. The fourth-order valence-electron chi connectivity index (χ4n) is 4.06. The van der Waals surface area contributed by atoms with E-state index in [9.17, 15) is 13.2 Å². The molecule has 1 aromatic carbocycles. The average molecular weight is 551 g/mol. The molecule has 0 radical (unpaired) electrons. The zero-order chi connectivity index (χ0) is 26.7. The number of benzene rings is 1. The molecule has 0 bridgehead atoms. The van der Waals surface area contributed by atoms with Crippen LogP contribution in [0.1, 0.15) is 28.7 Å². The SMILES string of the molecule is CCCS(=O)(=O)N(C)c1ccc2c(c1)nc(NC(=O)c1ccc(-c3cnco3)s1)n2CCc1ccccn1. The van der Waals surface area contributed by atoms with Gasteiger partial charge in [-0.15, -0.1) is 11.3 Å². The molecule has 1 N–H and O–H groups in total. The van der Waals surface area contributed by atoms with E-state index in [2.05, 4.69) is 20.3 Å². The number of rotatable bonds is 10. The van der Waals surface area contributed by atoms with Crippen LogP contribution in [0.3, 0.4) is 0 Å². The molecule has 0 saturated heterocycles. The van der Waals surface area contributed by atoms with E-state index in [0.717, 1.165) is 16.1 Å². The van der Waals surface area contributed by atoms with Gasteiger partial charge in [0.25, 0.3) is 5.91 Å². The van der Waals surface area contributed by atoms with Crippen LogP contribution in [-0.4, -0.2) is 46.6 Å². The molecule has 196 valence electrons. The quantitative estimate of drug-likeness (QED) is 0.264. The Labute approximate surface area is 224 Å². The van der Waals surface area contributed by atoms with Crippen LogP contribution in [-0.2, 0) is 23.0 Å². The van der Waals surface area contributed by atoms with Crippen molar-refractivity contribution in [2.24, 2.45) is 0 Å². The van der Waals surface area contributed by atoms with Crippen LogP contribution >= 0.6 is 11.3 Å². The van der Waals surface area contributed by atoms with Crippen molar-refractivity contribution in [3.63, 3.8) is 0 Å². The summed E-state index contributed by atoms with van der Waals surface area (Å²) >= 11 is 1.29. The van der Waals surface area contributed by atoms with E-state index < -0.39 is 10.0 Å². The first-order chi connectivity index (χ1) is 18.4. The van der Waals surface area contributed by atoms with Gasteiger partial charge in [-0.05, 0) is 48.9 Å². The van der Waals surface area contributed by atoms with Crippen molar-refractivity contribution in [3.8, 4) is 10.6 Å². The minimum Gasteiger partial charge on any atom is -0.443 e. The maximum Gasteiger partial charge on any atom is 0.268 e. The molecule has 1 amide bonds. The summed E-state index contributed by atoms with van der Waals surface area (Å²) in [6.45, 7) is 2.34. The summed E-state index contributed by atoms with van der Waals surface area (Å²) in [4.78, 5) is 27.5. The Morgan fingerprint density at radius 1 is 1.18 bits per heavy atom. The third-order valence-electron chi connectivity index (χ3n) is 6.02. The lowest BCUT2D eigenvalue weighted by molar-refractivity contribution is 0.102. The second kappa shape index (κ2) is 10.8. The van der Waals surface area contributed by atoms with E-state index in [0.29, 0.717) is 47.2 Å². The van der Waals surface area contributed by atoms with Crippen LogP contribution in [0.15, 0.2) is 71.7 Å². The number of oxazole rings is 1. The first-order valence-corrected chi connectivity index (χ1v) is 14.4. The number of amides is 1. The van der Waals surface area contributed by atoms with Gasteiger partial charge in [-0.25, -0.2) is 18.4 Å². The van der Waals surface area contributed by atoms with Gasteiger partial charge in [0.15, 0.2) is 12.2 Å². The van der Waals surface area contributed by atoms with E-state index in [4.69, 9.17) is 4.42 Å². The summed E-state index contributed by atoms with van der Waals surface area (Å²) in [5.74, 6) is 0.703. The molecular formula is C26H26N6O4S2. The second-order valence-corrected chi connectivity index (χ2v) is 11.8. The number of anilines is 2. The molecule has 4 aromatic heterocycles. The lowest BCUT2D eigenvalue weighted by Crippen LogP contribution is -2.28. The number of thiophene rings is 1. The topological polar surface area (TPSA) is 123 Å². The van der Waals surface area contributed by atoms with Crippen molar-refractivity contribution in [2.45, 2.75) is 26.3 Å². The van der Waals surface area contributed by atoms with Crippen LogP contribution in [0.25, 0.3) is 21.7 Å². The van der Waals surface area contributed by atoms with Gasteiger partial charge >= 0.3 is 0 Å². The fourth-order valence-corrected chi connectivity index (χ4v) is 6.14. The number of fused-ring (bicyclic) bond motifs is 1. The molecule has 5 aromatic rings. The molecule has 0 fully saturated rings. The van der Waals surface area contributed by atoms with Gasteiger partial charge in [0.2, 0.25) is 16.0 Å². The molecule has 0 aliphatic carbocycles. The molecule has 10 nitrogen and oxygen atoms in total. The van der Waals surface area contributed by atoms with E-state index in [-0.39, 0.29) is 11.7 Å². The predicted octanol–water partition coefficient (Wildman–Crippen LogP) is 4.82. The standard InChI is InChI=1S/C26H26N6O4S2/c1-3-14-38(34,35)31(2)19-7-8-21-20(15-19)29-26(32(21)13-11-18-6-4-5-12-28-18)30-25(33)24-10-9-23(37-24)22-16-27-17-36-22/h4-10,12,15-17H,3,11,13-14H2,1-2H3,(H,29,30,33). The molecular weight excluding hydrogens is 524 g/mol. The summed E-state index contributed by atoms with van der Waals surface area (Å²) in [5.41, 5.74) is 2.76. The highest BCUT2D eigenvalue weighted by atomic mass is 32.2. The van der Waals surface area contributed by atoms with E-state index in [1.54, 1.807) is 30.6 Å². The van der Waals surface area contributed by atoms with Gasteiger partial charge in [0.05, 0.1) is 38.4 Å². The number of nitrogens with zero attached hydrogens (tertiary/aromatic N) is 5. The number of aromatic nitrogens is 4. The number of nitrogens with one attached hydrogen (secondary N) is 1. The first-order valence-electron chi connectivity index (χ1n) is 12.0. The van der Waals surface area contributed by atoms with Gasteiger partial charge in [-0.1, -0.05) is 13.0 Å². The van der Waals surface area contributed by atoms with Crippen molar-refractivity contribution < 1.29 is 17.6 Å². The summed E-state index contributed by atoms with van der Waals surface area (Å²) in [6, 6.07) is 14.6. The first kappa shape index (κ1) is 25.6. The summed E-state index contributed by atoms with van der Waals surface area (Å²) in [7, 11) is -1.91. The maximum absolute atomic E-state index is 13.2.